The van der Waals surface area contributed by atoms with Crippen molar-refractivity contribution in [2.45, 2.75) is 6.92 Å². The van der Waals surface area contributed by atoms with E-state index in [9.17, 15) is 4.39 Å². The molecule has 1 aromatic carbocycles. The topological polar surface area (TPSA) is 58.8 Å². The zero-order valence-electron chi connectivity index (χ0n) is 9.01. The molecule has 0 aliphatic rings. The van der Waals surface area contributed by atoms with Crippen molar-refractivity contribution in [2.75, 3.05) is 0 Å². The minimum Gasteiger partial charge on any atom is -0.424 e. The van der Waals surface area contributed by atoms with Crippen molar-refractivity contribution in [1.29, 1.82) is 5.26 Å². The Balaban J connectivity index is 2.30. The molecule has 0 saturated carbocycles. The van der Waals surface area contributed by atoms with Gasteiger partial charge < -0.3 is 4.74 Å². The first kappa shape index (κ1) is 11.0. The molecule has 1 aromatic heterocycles. The molecule has 0 spiro atoms. The Hall–Kier alpha value is -2.48. The average Bonchev–Trinajstić information content (AvgIpc) is 2.28. The maximum Gasteiger partial charge on any atom is 0.323 e. The predicted molar refractivity (Wildman–Crippen MR) is 58.0 cm³/mol. The Morgan fingerprint density at radius 2 is 2.12 bits per heavy atom. The quantitative estimate of drug-likeness (QED) is 0.794. The summed E-state index contributed by atoms with van der Waals surface area (Å²) in [7, 11) is 0. The second kappa shape index (κ2) is 4.58. The van der Waals surface area contributed by atoms with Crippen molar-refractivity contribution in [3.8, 4) is 17.8 Å². The molecule has 0 saturated heterocycles. The number of benzene rings is 1. The molecule has 0 bridgehead atoms. The molecular weight excluding hydrogens is 221 g/mol. The van der Waals surface area contributed by atoms with E-state index in [2.05, 4.69) is 9.97 Å². The van der Waals surface area contributed by atoms with Crippen LogP contribution in [0.5, 0.6) is 11.8 Å². The van der Waals surface area contributed by atoms with Gasteiger partial charge in [-0.15, -0.1) is 0 Å². The third kappa shape index (κ3) is 2.75. The minimum atomic E-state index is -0.407. The molecule has 84 valence electrons. The van der Waals surface area contributed by atoms with Crippen LogP contribution in [0.2, 0.25) is 0 Å². The first-order valence-corrected chi connectivity index (χ1v) is 4.86. The largest absolute Gasteiger partial charge is 0.424 e. The second-order valence-electron chi connectivity index (χ2n) is 3.35. The molecule has 17 heavy (non-hydrogen) atoms. The molecular formula is C12H8FN3O. The number of hydrogen-bond acceptors (Lipinski definition) is 4. The van der Waals surface area contributed by atoms with Gasteiger partial charge in [0.2, 0.25) is 0 Å². The summed E-state index contributed by atoms with van der Waals surface area (Å²) in [6.07, 6.45) is 0. The second-order valence-corrected chi connectivity index (χ2v) is 3.35. The first-order valence-electron chi connectivity index (χ1n) is 4.86. The van der Waals surface area contributed by atoms with Crippen LogP contribution in [0.15, 0.2) is 30.3 Å². The fraction of sp³-hybridized carbons (Fsp3) is 0.0833. The fourth-order valence-electron chi connectivity index (χ4n) is 1.28. The highest BCUT2D eigenvalue weighted by atomic mass is 19.1. The predicted octanol–water partition coefficient (Wildman–Crippen LogP) is 2.59. The lowest BCUT2D eigenvalue weighted by atomic mass is 10.3. The molecule has 0 aliphatic carbocycles. The van der Waals surface area contributed by atoms with E-state index >= 15 is 0 Å². The average molecular weight is 229 g/mol. The van der Waals surface area contributed by atoms with Crippen LogP contribution >= 0.6 is 0 Å². The number of rotatable bonds is 2. The summed E-state index contributed by atoms with van der Waals surface area (Å²) in [5, 5.41) is 8.74. The van der Waals surface area contributed by atoms with Gasteiger partial charge in [-0.1, -0.05) is 6.07 Å². The number of ether oxygens (including phenoxy) is 1. The van der Waals surface area contributed by atoms with Crippen molar-refractivity contribution >= 4 is 0 Å². The number of halogens is 1. The Morgan fingerprint density at radius 3 is 2.82 bits per heavy atom. The van der Waals surface area contributed by atoms with Crippen molar-refractivity contribution in [3.05, 3.63) is 47.5 Å². The van der Waals surface area contributed by atoms with Crippen LogP contribution in [0, 0.1) is 24.1 Å². The number of aromatic nitrogens is 2. The minimum absolute atomic E-state index is 0.0344. The van der Waals surface area contributed by atoms with Gasteiger partial charge in [0.15, 0.2) is 0 Å². The van der Waals surface area contributed by atoms with Crippen molar-refractivity contribution in [1.82, 2.24) is 9.97 Å². The van der Waals surface area contributed by atoms with Gasteiger partial charge in [0, 0.05) is 11.8 Å². The van der Waals surface area contributed by atoms with E-state index in [0.29, 0.717) is 11.4 Å². The molecule has 0 amide bonds. The Bertz CT molecular complexity index is 593. The van der Waals surface area contributed by atoms with Crippen LogP contribution in [0.25, 0.3) is 0 Å². The molecule has 0 fully saturated rings. The molecule has 0 atom stereocenters. The first-order chi connectivity index (χ1) is 8.17. The number of hydrogen-bond donors (Lipinski definition) is 0. The highest BCUT2D eigenvalue weighted by molar-refractivity contribution is 5.28. The molecule has 5 heteroatoms. The Kier molecular flexibility index (Phi) is 2.97. The van der Waals surface area contributed by atoms with E-state index in [1.807, 2.05) is 6.07 Å². The highest BCUT2D eigenvalue weighted by Crippen LogP contribution is 2.18. The third-order valence-corrected chi connectivity index (χ3v) is 1.95. The molecule has 2 rings (SSSR count). The van der Waals surface area contributed by atoms with Gasteiger partial charge in [0.25, 0.3) is 0 Å². The fourth-order valence-corrected chi connectivity index (χ4v) is 1.28. The smallest absolute Gasteiger partial charge is 0.323 e. The van der Waals surface area contributed by atoms with E-state index in [-0.39, 0.29) is 11.7 Å². The highest BCUT2D eigenvalue weighted by Gasteiger charge is 2.04. The SMILES string of the molecule is Cc1cc(C#N)nc(Oc2cccc(F)c2)n1. The van der Waals surface area contributed by atoms with Crippen LogP contribution in [0.4, 0.5) is 4.39 Å². The van der Waals surface area contributed by atoms with E-state index in [1.165, 1.54) is 18.2 Å². The van der Waals surface area contributed by atoms with Crippen molar-refractivity contribution in [2.24, 2.45) is 0 Å². The molecule has 1 heterocycles. The van der Waals surface area contributed by atoms with Crippen LogP contribution in [0.3, 0.4) is 0 Å². The Morgan fingerprint density at radius 1 is 1.29 bits per heavy atom. The monoisotopic (exact) mass is 229 g/mol. The van der Waals surface area contributed by atoms with E-state index in [0.717, 1.165) is 0 Å². The summed E-state index contributed by atoms with van der Waals surface area (Å²) in [5.41, 5.74) is 0.826. The normalized spacial score (nSPS) is 9.71. The molecule has 0 N–H and O–H groups in total. The van der Waals surface area contributed by atoms with Gasteiger partial charge in [-0.25, -0.2) is 9.37 Å². The summed E-state index contributed by atoms with van der Waals surface area (Å²) >= 11 is 0. The van der Waals surface area contributed by atoms with Crippen LogP contribution in [-0.4, -0.2) is 9.97 Å². The maximum absolute atomic E-state index is 12.9. The third-order valence-electron chi connectivity index (χ3n) is 1.95. The van der Waals surface area contributed by atoms with E-state index in [1.54, 1.807) is 19.1 Å². The maximum atomic E-state index is 12.9. The zero-order valence-corrected chi connectivity index (χ0v) is 9.01. The molecule has 4 nitrogen and oxygen atoms in total. The van der Waals surface area contributed by atoms with Crippen LogP contribution in [-0.2, 0) is 0 Å². The lowest BCUT2D eigenvalue weighted by Gasteiger charge is -2.04. The van der Waals surface area contributed by atoms with Gasteiger partial charge in [0.1, 0.15) is 23.3 Å². The van der Waals surface area contributed by atoms with Crippen LogP contribution in [0.1, 0.15) is 11.4 Å². The molecule has 0 unspecified atom stereocenters. The van der Waals surface area contributed by atoms with Gasteiger partial charge in [-0.2, -0.15) is 10.2 Å². The van der Waals surface area contributed by atoms with Gasteiger partial charge in [-0.05, 0) is 25.1 Å². The van der Waals surface area contributed by atoms with Gasteiger partial charge >= 0.3 is 6.01 Å². The summed E-state index contributed by atoms with van der Waals surface area (Å²) in [4.78, 5) is 7.86. The van der Waals surface area contributed by atoms with Crippen LogP contribution < -0.4 is 4.74 Å². The summed E-state index contributed by atoms with van der Waals surface area (Å²) in [6.45, 7) is 1.72. The van der Waals surface area contributed by atoms with Crippen molar-refractivity contribution < 1.29 is 9.13 Å². The molecule has 2 aromatic rings. The number of nitriles is 1. The van der Waals surface area contributed by atoms with Gasteiger partial charge in [-0.3, -0.25) is 0 Å². The lowest BCUT2D eigenvalue weighted by Crippen LogP contribution is -1.96. The van der Waals surface area contributed by atoms with E-state index < -0.39 is 5.82 Å². The summed E-state index contributed by atoms with van der Waals surface area (Å²) in [6, 6.07) is 9.11. The summed E-state index contributed by atoms with van der Waals surface area (Å²) < 4.78 is 18.2. The van der Waals surface area contributed by atoms with Gasteiger partial charge in [0.05, 0.1) is 0 Å². The zero-order chi connectivity index (χ0) is 12.3. The molecule has 0 radical (unpaired) electrons. The molecule has 0 aliphatic heterocycles. The van der Waals surface area contributed by atoms with E-state index in [4.69, 9.17) is 10.00 Å². The number of nitrogens with zero attached hydrogens (tertiary/aromatic N) is 3. The standard InChI is InChI=1S/C12H8FN3O/c1-8-5-10(7-14)16-12(15-8)17-11-4-2-3-9(13)6-11/h2-6H,1H3. The Labute approximate surface area is 97.3 Å². The summed E-state index contributed by atoms with van der Waals surface area (Å²) in [5.74, 6) is -0.116. The van der Waals surface area contributed by atoms with Crippen molar-refractivity contribution in [3.63, 3.8) is 0 Å². The lowest BCUT2D eigenvalue weighted by molar-refractivity contribution is 0.436. The number of aryl methyl sites for hydroxylation is 1.